The molecule has 2 aromatic rings. The number of amides is 1. The van der Waals surface area contributed by atoms with Crippen molar-refractivity contribution in [2.75, 3.05) is 0 Å². The molecule has 0 aliphatic carbocycles. The zero-order valence-electron chi connectivity index (χ0n) is 16.7. The number of esters is 1. The number of carbonyl (C=O) groups is 2. The lowest BCUT2D eigenvalue weighted by molar-refractivity contribution is -0.121. The van der Waals surface area contributed by atoms with Crippen molar-refractivity contribution in [3.8, 4) is 5.75 Å². The minimum atomic E-state index is -0.422. The maximum absolute atomic E-state index is 12.1. The van der Waals surface area contributed by atoms with Crippen LogP contribution in [0.4, 0.5) is 0 Å². The van der Waals surface area contributed by atoms with Gasteiger partial charge in [-0.15, -0.1) is 0 Å². The minimum absolute atomic E-state index is 0.0729. The third kappa shape index (κ3) is 9.05. The molecule has 5 nitrogen and oxygen atoms in total. The first-order valence-corrected chi connectivity index (χ1v) is 10.8. The Kier molecular flexibility index (Phi) is 10.1. The summed E-state index contributed by atoms with van der Waals surface area (Å²) in [6.07, 6.45) is 8.95. The van der Waals surface area contributed by atoms with Gasteiger partial charge < -0.3 is 4.74 Å². The largest absolute Gasteiger partial charge is 0.423 e. The lowest BCUT2D eigenvalue weighted by Gasteiger charge is -2.05. The Labute approximate surface area is 180 Å². The number of hydrogen-bond donors (Lipinski definition) is 1. The fourth-order valence-corrected chi connectivity index (χ4v) is 3.10. The lowest BCUT2D eigenvalue weighted by Crippen LogP contribution is -2.16. The maximum atomic E-state index is 12.1. The van der Waals surface area contributed by atoms with E-state index in [-0.39, 0.29) is 5.91 Å². The Bertz CT molecular complexity index is 819. The van der Waals surface area contributed by atoms with E-state index in [1.807, 2.05) is 6.07 Å². The highest BCUT2D eigenvalue weighted by Gasteiger charge is 2.08. The smallest absolute Gasteiger partial charge is 0.343 e. The average molecular weight is 459 g/mol. The second-order valence-corrected chi connectivity index (χ2v) is 7.70. The van der Waals surface area contributed by atoms with E-state index in [9.17, 15) is 9.59 Å². The summed E-state index contributed by atoms with van der Waals surface area (Å²) in [6.45, 7) is 2.19. The first-order valence-electron chi connectivity index (χ1n) is 9.98. The molecule has 0 unspecified atom stereocenters. The number of nitrogens with one attached hydrogen (secondary N) is 1. The highest BCUT2D eigenvalue weighted by atomic mass is 79.9. The van der Waals surface area contributed by atoms with Crippen LogP contribution >= 0.6 is 15.9 Å². The van der Waals surface area contributed by atoms with E-state index in [4.69, 9.17) is 4.74 Å². The molecule has 154 valence electrons. The summed E-state index contributed by atoms with van der Waals surface area (Å²) in [6, 6.07) is 13.9. The summed E-state index contributed by atoms with van der Waals surface area (Å²) in [7, 11) is 0. The van der Waals surface area contributed by atoms with Crippen molar-refractivity contribution >= 4 is 34.0 Å². The van der Waals surface area contributed by atoms with Gasteiger partial charge in [-0.3, -0.25) is 4.79 Å². The Morgan fingerprint density at radius 3 is 2.48 bits per heavy atom. The van der Waals surface area contributed by atoms with Crippen molar-refractivity contribution in [3.05, 3.63) is 64.1 Å². The van der Waals surface area contributed by atoms with E-state index in [0.717, 1.165) is 22.9 Å². The van der Waals surface area contributed by atoms with Gasteiger partial charge >= 0.3 is 5.97 Å². The number of halogens is 1. The molecule has 29 heavy (non-hydrogen) atoms. The van der Waals surface area contributed by atoms with E-state index < -0.39 is 5.97 Å². The van der Waals surface area contributed by atoms with Gasteiger partial charge in [-0.05, 0) is 54.4 Å². The second kappa shape index (κ2) is 12.9. The highest BCUT2D eigenvalue weighted by molar-refractivity contribution is 9.10. The molecule has 0 saturated carbocycles. The monoisotopic (exact) mass is 458 g/mol. The first kappa shape index (κ1) is 22.8. The third-order valence-electron chi connectivity index (χ3n) is 4.31. The van der Waals surface area contributed by atoms with Gasteiger partial charge in [-0.2, -0.15) is 5.10 Å². The van der Waals surface area contributed by atoms with Crippen LogP contribution in [0.5, 0.6) is 5.75 Å². The van der Waals surface area contributed by atoms with Crippen LogP contribution in [0.2, 0.25) is 0 Å². The zero-order chi connectivity index (χ0) is 20.9. The van der Waals surface area contributed by atoms with Crippen molar-refractivity contribution in [3.63, 3.8) is 0 Å². The molecule has 0 aromatic heterocycles. The molecule has 0 aliphatic heterocycles. The summed E-state index contributed by atoms with van der Waals surface area (Å²) < 4.78 is 6.18. The van der Waals surface area contributed by atoms with Crippen LogP contribution in [0.1, 0.15) is 67.8 Å². The van der Waals surface area contributed by atoms with Crippen molar-refractivity contribution in [2.45, 2.75) is 51.9 Å². The molecular formula is C23H27BrN2O3. The molecule has 0 spiro atoms. The fraction of sp³-hybridized carbons (Fsp3) is 0.348. The molecule has 0 bridgehead atoms. The summed E-state index contributed by atoms with van der Waals surface area (Å²) in [5.74, 6) is -0.0507. The number of unbranched alkanes of at least 4 members (excludes halogenated alkanes) is 5. The third-order valence-corrected chi connectivity index (χ3v) is 4.80. The van der Waals surface area contributed by atoms with E-state index in [1.54, 1.807) is 48.7 Å². The number of carbonyl (C=O) groups excluding carboxylic acids is 2. The topological polar surface area (TPSA) is 67.8 Å². The van der Waals surface area contributed by atoms with Gasteiger partial charge in [0.1, 0.15) is 5.75 Å². The molecule has 0 atom stereocenters. The van der Waals surface area contributed by atoms with E-state index >= 15 is 0 Å². The van der Waals surface area contributed by atoms with Gasteiger partial charge in [0, 0.05) is 10.9 Å². The SMILES string of the molecule is CCCCCCCCC(=O)N/N=C/c1ccc(OC(=O)c2cccc(Br)c2)cc1. The predicted molar refractivity (Wildman–Crippen MR) is 119 cm³/mol. The normalized spacial score (nSPS) is 10.8. The van der Waals surface area contributed by atoms with Crippen LogP contribution in [0.3, 0.4) is 0 Å². The van der Waals surface area contributed by atoms with Crippen molar-refractivity contribution in [2.24, 2.45) is 5.10 Å². The molecule has 6 heteroatoms. The van der Waals surface area contributed by atoms with Crippen LogP contribution in [0, 0.1) is 0 Å². The average Bonchev–Trinajstić information content (AvgIpc) is 2.72. The number of benzene rings is 2. The van der Waals surface area contributed by atoms with Crippen LogP contribution in [-0.2, 0) is 4.79 Å². The summed E-state index contributed by atoms with van der Waals surface area (Å²) in [5.41, 5.74) is 3.82. The summed E-state index contributed by atoms with van der Waals surface area (Å²) in [5, 5.41) is 3.98. The van der Waals surface area contributed by atoms with Gasteiger partial charge in [-0.1, -0.05) is 61.0 Å². The van der Waals surface area contributed by atoms with Crippen LogP contribution in [0.25, 0.3) is 0 Å². The molecule has 0 radical (unpaired) electrons. The standard InChI is InChI=1S/C23H27BrN2O3/c1-2-3-4-5-6-7-11-22(27)26-25-17-18-12-14-21(15-13-18)29-23(28)19-9-8-10-20(24)16-19/h8-10,12-17H,2-7,11H2,1H3,(H,26,27)/b25-17+. The molecule has 1 amide bonds. The van der Waals surface area contributed by atoms with Gasteiger partial charge in [0.2, 0.25) is 5.91 Å². The van der Waals surface area contributed by atoms with Crippen molar-refractivity contribution in [1.29, 1.82) is 0 Å². The van der Waals surface area contributed by atoms with Crippen LogP contribution in [-0.4, -0.2) is 18.1 Å². The first-order chi connectivity index (χ1) is 14.1. The summed E-state index contributed by atoms with van der Waals surface area (Å²) in [4.78, 5) is 23.9. The van der Waals surface area contributed by atoms with Gasteiger partial charge in [0.05, 0.1) is 11.8 Å². The molecule has 2 rings (SSSR count). The lowest BCUT2D eigenvalue weighted by atomic mass is 10.1. The van der Waals surface area contributed by atoms with Crippen molar-refractivity contribution in [1.82, 2.24) is 5.43 Å². The highest BCUT2D eigenvalue weighted by Crippen LogP contribution is 2.16. The Balaban J connectivity index is 1.72. The number of hydrogen-bond acceptors (Lipinski definition) is 4. The van der Waals surface area contributed by atoms with Crippen molar-refractivity contribution < 1.29 is 14.3 Å². The number of ether oxygens (including phenoxy) is 1. The zero-order valence-corrected chi connectivity index (χ0v) is 18.3. The predicted octanol–water partition coefficient (Wildman–Crippen LogP) is 5.87. The van der Waals surface area contributed by atoms with Gasteiger partial charge in [-0.25, -0.2) is 10.2 Å². The van der Waals surface area contributed by atoms with Crippen LogP contribution < -0.4 is 10.2 Å². The van der Waals surface area contributed by atoms with E-state index in [0.29, 0.717) is 17.7 Å². The number of rotatable bonds is 11. The molecule has 0 heterocycles. The van der Waals surface area contributed by atoms with Crippen LogP contribution in [0.15, 0.2) is 58.1 Å². The van der Waals surface area contributed by atoms with E-state index in [2.05, 4.69) is 33.4 Å². The maximum Gasteiger partial charge on any atom is 0.343 e. The minimum Gasteiger partial charge on any atom is -0.423 e. The number of nitrogens with zero attached hydrogens (tertiary/aromatic N) is 1. The molecule has 2 aromatic carbocycles. The quantitative estimate of drug-likeness (QED) is 0.150. The molecule has 0 fully saturated rings. The van der Waals surface area contributed by atoms with E-state index in [1.165, 1.54) is 25.7 Å². The van der Waals surface area contributed by atoms with Gasteiger partial charge in [0.25, 0.3) is 0 Å². The fourth-order valence-electron chi connectivity index (χ4n) is 2.70. The van der Waals surface area contributed by atoms with Gasteiger partial charge in [0.15, 0.2) is 0 Å². The number of hydrazone groups is 1. The summed E-state index contributed by atoms with van der Waals surface area (Å²) >= 11 is 3.33. The molecular weight excluding hydrogens is 432 g/mol. The molecule has 0 aliphatic rings. The Hall–Kier alpha value is -2.47. The Morgan fingerprint density at radius 1 is 1.03 bits per heavy atom. The molecule has 0 saturated heterocycles. The molecule has 1 N–H and O–H groups in total. The Morgan fingerprint density at radius 2 is 1.76 bits per heavy atom. The second-order valence-electron chi connectivity index (χ2n) is 6.78.